The summed E-state index contributed by atoms with van der Waals surface area (Å²) in [7, 11) is -3.10. The van der Waals surface area contributed by atoms with Crippen LogP contribution in [0.2, 0.25) is 0 Å². The summed E-state index contributed by atoms with van der Waals surface area (Å²) in [4.78, 5) is 23.5. The van der Waals surface area contributed by atoms with E-state index < -0.39 is 14.6 Å². The predicted octanol–water partition coefficient (Wildman–Crippen LogP) is 4.57. The number of ether oxygens (including phenoxy) is 1. The second-order valence-electron chi connectivity index (χ2n) is 9.92. The maximum atomic E-state index is 12.5. The lowest BCUT2D eigenvalue weighted by atomic mass is 9.80. The van der Waals surface area contributed by atoms with Crippen molar-refractivity contribution < 1.29 is 22.7 Å². The van der Waals surface area contributed by atoms with Gasteiger partial charge in [-0.3, -0.25) is 9.59 Å². The van der Waals surface area contributed by atoms with Gasteiger partial charge in [-0.15, -0.1) is 0 Å². The van der Waals surface area contributed by atoms with Gasteiger partial charge in [-0.05, 0) is 82.9 Å². The first-order valence-corrected chi connectivity index (χ1v) is 13.3. The number of nitrogens with one attached hydrogen (secondary N) is 1. The quantitative estimate of drug-likeness (QED) is 0.484. The summed E-state index contributed by atoms with van der Waals surface area (Å²) >= 11 is 0. The highest BCUT2D eigenvalue weighted by Gasteiger charge is 2.34. The first-order valence-electron chi connectivity index (χ1n) is 11.7. The number of hydrogen-bond acceptors (Lipinski definition) is 5. The highest BCUT2D eigenvalue weighted by molar-refractivity contribution is 7.92. The minimum Gasteiger partial charge on any atom is -0.381 e. The van der Waals surface area contributed by atoms with Crippen molar-refractivity contribution in [3.8, 4) is 0 Å². The van der Waals surface area contributed by atoms with Gasteiger partial charge in [0.05, 0.1) is 17.1 Å². The van der Waals surface area contributed by atoms with Gasteiger partial charge in [0, 0.05) is 31.6 Å². The molecular formula is C25H39NO5S. The summed E-state index contributed by atoms with van der Waals surface area (Å²) in [6, 6.07) is 7.70. The number of amides is 1. The Morgan fingerprint density at radius 1 is 1.03 bits per heavy atom. The van der Waals surface area contributed by atoms with E-state index in [0.29, 0.717) is 25.4 Å². The van der Waals surface area contributed by atoms with Gasteiger partial charge in [0.2, 0.25) is 5.91 Å². The molecule has 0 aromatic heterocycles. The fourth-order valence-electron chi connectivity index (χ4n) is 4.01. The lowest BCUT2D eigenvalue weighted by Gasteiger charge is -2.30. The zero-order chi connectivity index (χ0) is 23.8. The Morgan fingerprint density at radius 2 is 1.66 bits per heavy atom. The van der Waals surface area contributed by atoms with E-state index in [1.807, 2.05) is 24.3 Å². The van der Waals surface area contributed by atoms with E-state index in [0.717, 1.165) is 49.8 Å². The van der Waals surface area contributed by atoms with Crippen molar-refractivity contribution in [1.82, 2.24) is 0 Å². The van der Waals surface area contributed by atoms with Crippen LogP contribution in [0, 0.1) is 11.8 Å². The molecule has 1 N–H and O–H groups in total. The molecule has 1 saturated carbocycles. The molecule has 0 aliphatic heterocycles. The van der Waals surface area contributed by atoms with Crippen LogP contribution in [-0.4, -0.2) is 43.8 Å². The smallest absolute Gasteiger partial charge is 0.221 e. The van der Waals surface area contributed by atoms with Gasteiger partial charge in [-0.2, -0.15) is 0 Å². The van der Waals surface area contributed by atoms with Gasteiger partial charge < -0.3 is 10.1 Å². The monoisotopic (exact) mass is 465 g/mol. The van der Waals surface area contributed by atoms with E-state index in [1.165, 1.54) is 6.92 Å². The minimum absolute atomic E-state index is 0.0747. The lowest BCUT2D eigenvalue weighted by molar-refractivity contribution is -0.124. The second-order valence-corrected chi connectivity index (χ2v) is 12.7. The Hall–Kier alpha value is -1.73. The lowest BCUT2D eigenvalue weighted by Crippen LogP contribution is -2.35. The summed E-state index contributed by atoms with van der Waals surface area (Å²) in [5.41, 5.74) is 1.92. The number of carbonyl (C=O) groups is 2. The topological polar surface area (TPSA) is 89.5 Å². The van der Waals surface area contributed by atoms with E-state index in [2.05, 4.69) is 5.32 Å². The zero-order valence-corrected chi connectivity index (χ0v) is 20.8. The number of benzene rings is 1. The summed E-state index contributed by atoms with van der Waals surface area (Å²) < 4.78 is 29.8. The largest absolute Gasteiger partial charge is 0.381 e. The number of carbonyl (C=O) groups excluding carboxylic acids is 2. The van der Waals surface area contributed by atoms with Crippen LogP contribution >= 0.6 is 0 Å². The predicted molar refractivity (Wildman–Crippen MR) is 128 cm³/mol. The van der Waals surface area contributed by atoms with Gasteiger partial charge >= 0.3 is 0 Å². The molecule has 0 saturated heterocycles. The van der Waals surface area contributed by atoms with Gasteiger partial charge in [0.15, 0.2) is 9.84 Å². The molecule has 180 valence electrons. The van der Waals surface area contributed by atoms with Crippen molar-refractivity contribution in [3.63, 3.8) is 0 Å². The Morgan fingerprint density at radius 3 is 2.22 bits per heavy atom. The SMILES string of the molecule is CC(=O)Nc1ccc(CCOCCCC(=O)C2CCC(CS(=O)(=O)C(C)(C)C)CC2)cc1. The van der Waals surface area contributed by atoms with E-state index in [1.54, 1.807) is 20.8 Å². The highest BCUT2D eigenvalue weighted by atomic mass is 32.2. The third kappa shape index (κ3) is 8.66. The van der Waals surface area contributed by atoms with Crippen molar-refractivity contribution >= 4 is 27.2 Å². The highest BCUT2D eigenvalue weighted by Crippen LogP contribution is 2.33. The van der Waals surface area contributed by atoms with Crippen molar-refractivity contribution in [3.05, 3.63) is 29.8 Å². The van der Waals surface area contributed by atoms with Gasteiger partial charge in [-0.1, -0.05) is 12.1 Å². The summed E-state index contributed by atoms with van der Waals surface area (Å²) in [6.45, 7) is 7.91. The van der Waals surface area contributed by atoms with Crippen LogP contribution in [0.3, 0.4) is 0 Å². The fourth-order valence-corrected chi connectivity index (χ4v) is 5.47. The molecule has 0 atom stereocenters. The van der Waals surface area contributed by atoms with E-state index in [-0.39, 0.29) is 23.5 Å². The second kappa shape index (κ2) is 11.9. The number of anilines is 1. The van der Waals surface area contributed by atoms with Crippen molar-refractivity contribution in [2.45, 2.75) is 77.4 Å². The van der Waals surface area contributed by atoms with Crippen molar-refractivity contribution in [1.29, 1.82) is 0 Å². The van der Waals surface area contributed by atoms with Crippen molar-refractivity contribution in [2.75, 3.05) is 24.3 Å². The van der Waals surface area contributed by atoms with Crippen LogP contribution in [0.15, 0.2) is 24.3 Å². The standard InChI is InChI=1S/C25H39NO5S/c1-19(27)26-23-13-9-20(10-14-23)15-17-31-16-5-6-24(28)22-11-7-21(8-12-22)18-32(29,30)25(2,3)4/h9-10,13-14,21-22H,5-8,11-12,15-18H2,1-4H3,(H,26,27). The van der Waals surface area contributed by atoms with E-state index >= 15 is 0 Å². The van der Waals surface area contributed by atoms with Crippen LogP contribution in [0.4, 0.5) is 5.69 Å². The third-order valence-electron chi connectivity index (χ3n) is 6.21. The molecule has 1 aromatic rings. The van der Waals surface area contributed by atoms with Crippen LogP contribution < -0.4 is 5.32 Å². The number of rotatable bonds is 11. The average molecular weight is 466 g/mol. The molecule has 1 aliphatic carbocycles. The molecule has 1 aromatic carbocycles. The summed E-state index contributed by atoms with van der Waals surface area (Å²) in [6.07, 6.45) is 5.29. The normalized spacial score (nSPS) is 19.5. The maximum Gasteiger partial charge on any atom is 0.221 e. The van der Waals surface area contributed by atoms with Crippen LogP contribution in [0.25, 0.3) is 0 Å². The summed E-state index contributed by atoms with van der Waals surface area (Å²) in [5, 5.41) is 2.74. The third-order valence-corrected chi connectivity index (χ3v) is 8.99. The molecule has 1 fully saturated rings. The van der Waals surface area contributed by atoms with E-state index in [9.17, 15) is 18.0 Å². The molecule has 0 unspecified atom stereocenters. The Bertz CT molecular complexity index is 847. The van der Waals surface area contributed by atoms with Crippen LogP contribution in [-0.2, 0) is 30.6 Å². The summed E-state index contributed by atoms with van der Waals surface area (Å²) in [5.74, 6) is 0.697. The van der Waals surface area contributed by atoms with Crippen LogP contribution in [0.5, 0.6) is 0 Å². The fraction of sp³-hybridized carbons (Fsp3) is 0.680. The van der Waals surface area contributed by atoms with Crippen LogP contribution in [0.1, 0.15) is 71.8 Å². The molecule has 0 spiro atoms. The van der Waals surface area contributed by atoms with Gasteiger partial charge in [-0.25, -0.2) is 8.42 Å². The Kier molecular flexibility index (Phi) is 9.89. The molecule has 0 heterocycles. The number of Topliss-reactive ketones (excluding diaryl/α,β-unsaturated/α-hetero) is 1. The Labute approximate surface area is 193 Å². The first kappa shape index (κ1) is 26.5. The first-order chi connectivity index (χ1) is 15.0. The molecule has 6 nitrogen and oxygen atoms in total. The molecule has 0 bridgehead atoms. The maximum absolute atomic E-state index is 12.5. The zero-order valence-electron chi connectivity index (χ0n) is 20.0. The average Bonchev–Trinajstić information content (AvgIpc) is 2.70. The molecular weight excluding hydrogens is 426 g/mol. The minimum atomic E-state index is -3.10. The van der Waals surface area contributed by atoms with Crippen molar-refractivity contribution in [2.24, 2.45) is 11.8 Å². The molecule has 1 amide bonds. The Balaban J connectivity index is 1.59. The van der Waals surface area contributed by atoms with Gasteiger partial charge in [0.1, 0.15) is 5.78 Å². The molecule has 2 rings (SSSR count). The molecule has 32 heavy (non-hydrogen) atoms. The van der Waals surface area contributed by atoms with E-state index in [4.69, 9.17) is 4.74 Å². The number of ketones is 1. The molecule has 7 heteroatoms. The number of sulfone groups is 1. The van der Waals surface area contributed by atoms with Gasteiger partial charge in [0.25, 0.3) is 0 Å². The molecule has 0 radical (unpaired) electrons. The number of hydrogen-bond donors (Lipinski definition) is 1. The molecule has 1 aliphatic rings.